The van der Waals surface area contributed by atoms with Gasteiger partial charge < -0.3 is 15.7 Å². The summed E-state index contributed by atoms with van der Waals surface area (Å²) in [6.45, 7) is 3.30. The van der Waals surface area contributed by atoms with Gasteiger partial charge in [0.05, 0.1) is 6.61 Å². The Morgan fingerprint density at radius 1 is 1.82 bits per heavy atom. The third kappa shape index (κ3) is 2.59. The molecule has 0 amide bonds. The summed E-state index contributed by atoms with van der Waals surface area (Å²) in [6.07, 6.45) is 1.92. The number of aliphatic hydroxyl groups excluding tert-OH is 1. The molecule has 1 rings (SSSR count). The van der Waals surface area contributed by atoms with Crippen molar-refractivity contribution in [2.45, 2.75) is 6.92 Å². The highest BCUT2D eigenvalue weighted by Gasteiger charge is 1.99. The lowest BCUT2D eigenvalue weighted by Gasteiger charge is -2.12. The number of rotatable bonds is 2. The van der Waals surface area contributed by atoms with E-state index in [1.807, 2.05) is 13.0 Å². The van der Waals surface area contributed by atoms with Crippen molar-refractivity contribution in [1.29, 1.82) is 0 Å². The van der Waals surface area contributed by atoms with Crippen LogP contribution < -0.4 is 10.6 Å². The van der Waals surface area contributed by atoms with Gasteiger partial charge >= 0.3 is 0 Å². The Morgan fingerprint density at radius 2 is 2.64 bits per heavy atom. The Hall–Kier alpha value is -1.03. The summed E-state index contributed by atoms with van der Waals surface area (Å²) in [4.78, 5) is 4.12. The number of allylic oxidation sites excluding steroid dienone is 1. The Kier molecular flexibility index (Phi) is 2.92. The maximum atomic E-state index is 8.51. The van der Waals surface area contributed by atoms with Crippen LogP contribution in [0.5, 0.6) is 0 Å². The molecule has 0 bridgehead atoms. The van der Waals surface area contributed by atoms with Crippen molar-refractivity contribution in [2.75, 3.05) is 19.8 Å². The van der Waals surface area contributed by atoms with E-state index in [0.29, 0.717) is 13.2 Å². The second-order valence-corrected chi connectivity index (χ2v) is 2.36. The normalized spacial score (nSPS) is 16.5. The van der Waals surface area contributed by atoms with Gasteiger partial charge in [-0.1, -0.05) is 0 Å². The van der Waals surface area contributed by atoms with Crippen LogP contribution in [0.15, 0.2) is 16.8 Å². The molecular weight excluding hydrogens is 142 g/mol. The molecule has 62 valence electrons. The molecule has 3 N–H and O–H groups in total. The van der Waals surface area contributed by atoms with Crippen molar-refractivity contribution in [3.8, 4) is 0 Å². The van der Waals surface area contributed by atoms with Gasteiger partial charge in [-0.3, -0.25) is 0 Å². The van der Waals surface area contributed by atoms with Gasteiger partial charge in [0, 0.05) is 12.2 Å². The van der Waals surface area contributed by atoms with Crippen molar-refractivity contribution in [3.05, 3.63) is 11.8 Å². The Bertz CT molecular complexity index is 186. The summed E-state index contributed by atoms with van der Waals surface area (Å²) < 4.78 is 0. The molecule has 0 radical (unpaired) electrons. The van der Waals surface area contributed by atoms with Crippen LogP contribution >= 0.6 is 0 Å². The zero-order valence-electron chi connectivity index (χ0n) is 6.59. The van der Waals surface area contributed by atoms with Gasteiger partial charge in [0.1, 0.15) is 12.5 Å². The zero-order valence-corrected chi connectivity index (χ0v) is 6.59. The number of nitrogens with zero attached hydrogens (tertiary/aromatic N) is 1. The van der Waals surface area contributed by atoms with E-state index in [9.17, 15) is 0 Å². The van der Waals surface area contributed by atoms with Crippen molar-refractivity contribution in [1.82, 2.24) is 10.6 Å². The SMILES string of the molecule is CC1=CC(NCCO)=NCN1. The third-order valence-electron chi connectivity index (χ3n) is 1.38. The van der Waals surface area contributed by atoms with Gasteiger partial charge in [0.25, 0.3) is 0 Å². The maximum Gasteiger partial charge on any atom is 0.124 e. The molecule has 0 fully saturated rings. The van der Waals surface area contributed by atoms with Gasteiger partial charge in [-0.15, -0.1) is 0 Å². The van der Waals surface area contributed by atoms with Crippen LogP contribution in [-0.2, 0) is 0 Å². The van der Waals surface area contributed by atoms with Crippen LogP contribution in [0.3, 0.4) is 0 Å². The first-order valence-corrected chi connectivity index (χ1v) is 3.64. The first-order valence-electron chi connectivity index (χ1n) is 3.64. The average molecular weight is 155 g/mol. The number of aliphatic hydroxyl groups is 1. The van der Waals surface area contributed by atoms with Gasteiger partial charge in [-0.05, 0) is 13.0 Å². The number of hydrogen-bond acceptors (Lipinski definition) is 4. The maximum absolute atomic E-state index is 8.51. The van der Waals surface area contributed by atoms with E-state index in [1.165, 1.54) is 0 Å². The Labute approximate surface area is 66.0 Å². The number of nitrogens with one attached hydrogen (secondary N) is 2. The molecule has 0 atom stereocenters. The second kappa shape index (κ2) is 3.98. The lowest BCUT2D eigenvalue weighted by Crippen LogP contribution is -2.30. The smallest absolute Gasteiger partial charge is 0.124 e. The Balaban J connectivity index is 2.39. The zero-order chi connectivity index (χ0) is 8.10. The number of aliphatic imine (C=N–C) groups is 1. The van der Waals surface area contributed by atoms with Crippen molar-refractivity contribution in [2.24, 2.45) is 4.99 Å². The minimum absolute atomic E-state index is 0.138. The molecule has 11 heavy (non-hydrogen) atoms. The molecule has 0 spiro atoms. The lowest BCUT2D eigenvalue weighted by atomic mass is 10.3. The molecule has 4 nitrogen and oxygen atoms in total. The summed E-state index contributed by atoms with van der Waals surface area (Å²) >= 11 is 0. The standard InChI is InChI=1S/C7H13N3O/c1-6-4-7(8-2-3-11)10-5-9-6/h4,9,11H,2-3,5H2,1H3,(H,8,10). The van der Waals surface area contributed by atoms with Crippen LogP contribution in [0.2, 0.25) is 0 Å². The van der Waals surface area contributed by atoms with Crippen LogP contribution in [-0.4, -0.2) is 30.8 Å². The lowest BCUT2D eigenvalue weighted by molar-refractivity contribution is 0.300. The molecule has 0 aromatic carbocycles. The summed E-state index contributed by atoms with van der Waals surface area (Å²) in [5.74, 6) is 0.843. The highest BCUT2D eigenvalue weighted by Crippen LogP contribution is 1.92. The fraction of sp³-hybridized carbons (Fsp3) is 0.571. The topological polar surface area (TPSA) is 56.6 Å². The van der Waals surface area contributed by atoms with Crippen LogP contribution in [0.1, 0.15) is 6.92 Å². The van der Waals surface area contributed by atoms with Crippen molar-refractivity contribution in [3.63, 3.8) is 0 Å². The van der Waals surface area contributed by atoms with E-state index in [0.717, 1.165) is 11.5 Å². The largest absolute Gasteiger partial charge is 0.395 e. The molecule has 0 unspecified atom stereocenters. The summed E-state index contributed by atoms with van der Waals surface area (Å²) in [5, 5.41) is 14.6. The van der Waals surface area contributed by atoms with E-state index in [1.54, 1.807) is 0 Å². The first-order chi connectivity index (χ1) is 5.33. The van der Waals surface area contributed by atoms with Crippen molar-refractivity contribution < 1.29 is 5.11 Å². The molecule has 1 heterocycles. The molecule has 0 saturated carbocycles. The van der Waals surface area contributed by atoms with E-state index in [2.05, 4.69) is 15.6 Å². The van der Waals surface area contributed by atoms with E-state index in [-0.39, 0.29) is 6.61 Å². The van der Waals surface area contributed by atoms with E-state index < -0.39 is 0 Å². The summed E-state index contributed by atoms with van der Waals surface area (Å²) in [5.41, 5.74) is 1.10. The third-order valence-corrected chi connectivity index (χ3v) is 1.38. The molecule has 0 saturated heterocycles. The molecule has 0 aromatic rings. The molecule has 0 aromatic heterocycles. The van der Waals surface area contributed by atoms with Crippen LogP contribution in [0.4, 0.5) is 0 Å². The number of amidine groups is 1. The minimum atomic E-state index is 0.138. The van der Waals surface area contributed by atoms with Gasteiger partial charge in [0.2, 0.25) is 0 Å². The Morgan fingerprint density at radius 3 is 3.27 bits per heavy atom. The van der Waals surface area contributed by atoms with Gasteiger partial charge in [0.15, 0.2) is 0 Å². The highest BCUT2D eigenvalue weighted by atomic mass is 16.3. The van der Waals surface area contributed by atoms with Crippen LogP contribution in [0, 0.1) is 0 Å². The fourth-order valence-corrected chi connectivity index (χ4v) is 0.842. The first kappa shape index (κ1) is 8.07. The minimum Gasteiger partial charge on any atom is -0.395 e. The van der Waals surface area contributed by atoms with Crippen LogP contribution in [0.25, 0.3) is 0 Å². The summed E-state index contributed by atoms with van der Waals surface area (Å²) in [7, 11) is 0. The predicted octanol–water partition coefficient (Wildman–Crippen LogP) is -0.569. The second-order valence-electron chi connectivity index (χ2n) is 2.36. The van der Waals surface area contributed by atoms with Gasteiger partial charge in [-0.2, -0.15) is 0 Å². The van der Waals surface area contributed by atoms with E-state index in [4.69, 9.17) is 5.11 Å². The number of hydrogen-bond donors (Lipinski definition) is 3. The molecule has 4 heteroatoms. The molecular formula is C7H13N3O. The predicted molar refractivity (Wildman–Crippen MR) is 44.3 cm³/mol. The van der Waals surface area contributed by atoms with Crippen molar-refractivity contribution >= 4 is 5.84 Å². The quantitative estimate of drug-likeness (QED) is 0.500. The fourth-order valence-electron chi connectivity index (χ4n) is 0.842. The average Bonchev–Trinajstić information content (AvgIpc) is 2.01. The highest BCUT2D eigenvalue weighted by molar-refractivity contribution is 5.93. The molecule has 1 aliphatic heterocycles. The van der Waals surface area contributed by atoms with E-state index >= 15 is 0 Å². The monoisotopic (exact) mass is 155 g/mol. The molecule has 0 aliphatic carbocycles. The van der Waals surface area contributed by atoms with Gasteiger partial charge in [-0.25, -0.2) is 4.99 Å². The molecule has 1 aliphatic rings. The summed E-state index contributed by atoms with van der Waals surface area (Å²) in [6, 6.07) is 0.